The number of aliphatic hydroxyl groups is 4. The number of carbonyl (C=O) groups is 1. The number of nitrogens with zero attached hydrogens (tertiary/aromatic N) is 1. The number of Topliss-reactive ketones (excluding diaryl/α,β-unsaturated/α-hetero) is 1. The second-order valence-corrected chi connectivity index (χ2v) is 12.1. The van der Waals surface area contributed by atoms with Gasteiger partial charge in [0.05, 0.1) is 6.61 Å². The van der Waals surface area contributed by atoms with Crippen molar-refractivity contribution in [3.63, 3.8) is 0 Å². The van der Waals surface area contributed by atoms with Crippen molar-refractivity contribution in [3.05, 3.63) is 64.2 Å². The van der Waals surface area contributed by atoms with E-state index < -0.39 is 37.1 Å². The average Bonchev–Trinajstić information content (AvgIpc) is 2.95. The molecule has 6 atom stereocenters. The molecule has 218 valence electrons. The first-order valence-electron chi connectivity index (χ1n) is 14.7. The number of hydrogen-bond acceptors (Lipinski definition) is 8. The minimum Gasteiger partial charge on any atom is -0.508 e. The summed E-state index contributed by atoms with van der Waals surface area (Å²) in [6.45, 7) is 4.88. The number of fused-ring (bicyclic) bond motifs is 3. The summed E-state index contributed by atoms with van der Waals surface area (Å²) in [4.78, 5) is 15.1. The van der Waals surface area contributed by atoms with Crippen LogP contribution in [-0.2, 0) is 22.4 Å². The number of benzene rings is 2. The van der Waals surface area contributed by atoms with Gasteiger partial charge in [-0.25, -0.2) is 0 Å². The number of rotatable bonds is 10. The number of aliphatic hydroxyl groups excluding tert-OH is 4. The Morgan fingerprint density at radius 1 is 1.00 bits per heavy atom. The van der Waals surface area contributed by atoms with Crippen molar-refractivity contribution in [1.29, 1.82) is 0 Å². The van der Waals surface area contributed by atoms with Gasteiger partial charge in [0.1, 0.15) is 42.1 Å². The Balaban J connectivity index is 1.16. The van der Waals surface area contributed by atoms with Crippen molar-refractivity contribution in [2.45, 2.75) is 82.4 Å². The molecule has 40 heavy (non-hydrogen) atoms. The molecule has 0 radical (unpaired) electrons. The highest BCUT2D eigenvalue weighted by atomic mass is 16.5. The van der Waals surface area contributed by atoms with Gasteiger partial charge in [-0.1, -0.05) is 24.3 Å². The fourth-order valence-electron chi connectivity index (χ4n) is 6.78. The van der Waals surface area contributed by atoms with Crippen molar-refractivity contribution >= 4 is 5.78 Å². The largest absolute Gasteiger partial charge is 0.508 e. The minimum absolute atomic E-state index is 0.0797. The van der Waals surface area contributed by atoms with E-state index >= 15 is 0 Å². The van der Waals surface area contributed by atoms with Gasteiger partial charge in [0.2, 0.25) is 0 Å². The average molecular weight is 554 g/mol. The lowest BCUT2D eigenvalue weighted by atomic mass is 9.76. The van der Waals surface area contributed by atoms with Crippen LogP contribution in [0.4, 0.5) is 0 Å². The molecule has 5 N–H and O–H groups in total. The number of hydrogen-bond donors (Lipinski definition) is 5. The summed E-state index contributed by atoms with van der Waals surface area (Å²) in [5, 5.41) is 51.0. The number of piperidine rings is 3. The number of aryl methyl sites for hydroxylation is 2. The van der Waals surface area contributed by atoms with Crippen LogP contribution in [0, 0.1) is 18.8 Å². The van der Waals surface area contributed by atoms with E-state index in [1.807, 2.05) is 6.92 Å². The molecule has 6 rings (SSSR count). The molecule has 2 aromatic carbocycles. The first-order valence-corrected chi connectivity index (χ1v) is 14.7. The zero-order valence-electron chi connectivity index (χ0n) is 23.3. The molecule has 1 unspecified atom stereocenters. The summed E-state index contributed by atoms with van der Waals surface area (Å²) in [5.74, 6) is 1.61. The Bertz CT molecular complexity index is 1160. The van der Waals surface area contributed by atoms with Crippen LogP contribution < -0.4 is 0 Å². The SMILES string of the molecule is Cc1cc(O)c([C@@H]2O[C@H](CO)[C@@H](O)[C@H](O)[C@H]2O)cc1Cc1ccc(CCCC(=O)CC2CN3CCC2CC3)cc1. The molecular formula is C32H43NO7. The standard InChI is InChI=1S/C32H43NO7/c1-19-13-27(36)26(32-31(39)30(38)29(37)28(18-34)40-32)16-23(19)14-21-7-5-20(6-8-21)3-2-4-25(35)15-24-17-33-11-9-22(24)10-12-33/h5-8,13,16,22,24,28-32,34,36-39H,2-4,9-12,14-15,17-18H2,1H3/t24?,28-,29-,30+,31-,32+/m1/s1. The zero-order valence-corrected chi connectivity index (χ0v) is 23.3. The fourth-order valence-corrected chi connectivity index (χ4v) is 6.78. The van der Waals surface area contributed by atoms with E-state index in [2.05, 4.69) is 29.2 Å². The van der Waals surface area contributed by atoms with Gasteiger partial charge in [0.25, 0.3) is 0 Å². The van der Waals surface area contributed by atoms with E-state index in [1.54, 1.807) is 12.1 Å². The van der Waals surface area contributed by atoms with Crippen LogP contribution in [0.25, 0.3) is 0 Å². The van der Waals surface area contributed by atoms with E-state index in [-0.39, 0.29) is 5.75 Å². The number of phenols is 1. The molecule has 4 aliphatic rings. The second kappa shape index (κ2) is 12.7. The summed E-state index contributed by atoms with van der Waals surface area (Å²) in [6, 6.07) is 11.7. The molecule has 2 aromatic rings. The van der Waals surface area contributed by atoms with Crippen LogP contribution in [0.1, 0.15) is 66.0 Å². The van der Waals surface area contributed by atoms with Crippen LogP contribution >= 0.6 is 0 Å². The predicted octanol–water partition coefficient (Wildman–Crippen LogP) is 2.43. The monoisotopic (exact) mass is 553 g/mol. The van der Waals surface area contributed by atoms with Gasteiger partial charge in [-0.3, -0.25) is 4.79 Å². The molecule has 0 aliphatic carbocycles. The third kappa shape index (κ3) is 6.43. The highest BCUT2D eigenvalue weighted by Gasteiger charge is 2.44. The normalized spacial score (nSPS) is 31.8. The van der Waals surface area contributed by atoms with Crippen LogP contribution in [0.3, 0.4) is 0 Å². The first kappa shape index (κ1) is 29.2. The molecule has 4 heterocycles. The Labute approximate surface area is 236 Å². The zero-order chi connectivity index (χ0) is 28.4. The number of carbonyl (C=O) groups excluding carboxylic acids is 1. The van der Waals surface area contributed by atoms with Crippen LogP contribution in [0.15, 0.2) is 36.4 Å². The maximum absolute atomic E-state index is 12.6. The molecule has 8 heteroatoms. The first-order chi connectivity index (χ1) is 19.2. The molecule has 0 aromatic heterocycles. The lowest BCUT2D eigenvalue weighted by Crippen LogP contribution is -2.55. The van der Waals surface area contributed by atoms with Crippen molar-refractivity contribution in [3.8, 4) is 5.75 Å². The van der Waals surface area contributed by atoms with Crippen molar-refractivity contribution in [2.75, 3.05) is 26.2 Å². The molecule has 4 fully saturated rings. The summed E-state index contributed by atoms with van der Waals surface area (Å²) in [5.41, 5.74) is 4.38. The molecule has 0 amide bonds. The van der Waals surface area contributed by atoms with Gasteiger partial charge in [-0.05, 0) is 98.3 Å². The molecule has 2 bridgehead atoms. The number of ketones is 1. The van der Waals surface area contributed by atoms with Gasteiger partial charge < -0.3 is 35.2 Å². The number of phenolic OH excluding ortho intramolecular Hbond substituents is 1. The number of aromatic hydroxyl groups is 1. The van der Waals surface area contributed by atoms with E-state index in [9.17, 15) is 30.3 Å². The summed E-state index contributed by atoms with van der Waals surface area (Å²) in [6.07, 6.45) is -0.364. The van der Waals surface area contributed by atoms with Crippen LogP contribution in [0.5, 0.6) is 5.75 Å². The summed E-state index contributed by atoms with van der Waals surface area (Å²) in [7, 11) is 0. The van der Waals surface area contributed by atoms with E-state index in [0.29, 0.717) is 30.1 Å². The lowest BCUT2D eigenvalue weighted by molar-refractivity contribution is -0.232. The van der Waals surface area contributed by atoms with Crippen molar-refractivity contribution in [2.24, 2.45) is 11.8 Å². The van der Waals surface area contributed by atoms with Crippen LogP contribution in [0.2, 0.25) is 0 Å². The smallest absolute Gasteiger partial charge is 0.133 e. The van der Waals surface area contributed by atoms with Crippen LogP contribution in [-0.4, -0.2) is 86.9 Å². The molecular weight excluding hydrogens is 510 g/mol. The summed E-state index contributed by atoms with van der Waals surface area (Å²) >= 11 is 0. The van der Waals surface area contributed by atoms with Gasteiger partial charge in [0.15, 0.2) is 0 Å². The highest BCUT2D eigenvalue weighted by Crippen LogP contribution is 2.38. The molecule has 8 nitrogen and oxygen atoms in total. The van der Waals surface area contributed by atoms with Gasteiger partial charge in [-0.2, -0.15) is 0 Å². The van der Waals surface area contributed by atoms with Crippen molar-refractivity contribution in [1.82, 2.24) is 4.90 Å². The van der Waals surface area contributed by atoms with Gasteiger partial charge in [-0.15, -0.1) is 0 Å². The van der Waals surface area contributed by atoms with E-state index in [1.165, 1.54) is 31.5 Å². The molecule has 4 saturated heterocycles. The van der Waals surface area contributed by atoms with E-state index in [0.717, 1.165) is 48.4 Å². The number of ether oxygens (including phenoxy) is 1. The highest BCUT2D eigenvalue weighted by molar-refractivity contribution is 5.78. The lowest BCUT2D eigenvalue weighted by Gasteiger charge is -2.44. The van der Waals surface area contributed by atoms with E-state index in [4.69, 9.17) is 4.74 Å². The van der Waals surface area contributed by atoms with Gasteiger partial charge in [0, 0.05) is 24.9 Å². The predicted molar refractivity (Wildman–Crippen MR) is 150 cm³/mol. The van der Waals surface area contributed by atoms with Gasteiger partial charge >= 0.3 is 0 Å². The third-order valence-electron chi connectivity index (χ3n) is 9.30. The Kier molecular flexibility index (Phi) is 9.24. The molecule has 4 aliphatic heterocycles. The fraction of sp³-hybridized carbons (Fsp3) is 0.594. The maximum atomic E-state index is 12.6. The van der Waals surface area contributed by atoms with Crippen molar-refractivity contribution < 1.29 is 35.1 Å². The Hall–Kier alpha value is -2.33. The maximum Gasteiger partial charge on any atom is 0.133 e. The second-order valence-electron chi connectivity index (χ2n) is 12.1. The molecule has 0 spiro atoms. The quantitative estimate of drug-likeness (QED) is 0.303. The third-order valence-corrected chi connectivity index (χ3v) is 9.30. The molecule has 0 saturated carbocycles. The Morgan fingerprint density at radius 2 is 1.70 bits per heavy atom. The summed E-state index contributed by atoms with van der Waals surface area (Å²) < 4.78 is 5.67. The minimum atomic E-state index is -1.51. The topological polar surface area (TPSA) is 131 Å². The Morgan fingerprint density at radius 3 is 2.35 bits per heavy atom.